The van der Waals surface area contributed by atoms with Gasteiger partial charge in [-0.3, -0.25) is 9.55 Å². The number of halogens is 1. The van der Waals surface area contributed by atoms with Crippen LogP contribution in [0.3, 0.4) is 0 Å². The fourth-order valence-electron chi connectivity index (χ4n) is 3.66. The molecule has 4 nitrogen and oxygen atoms in total. The van der Waals surface area contributed by atoms with Crippen molar-refractivity contribution < 1.29 is 4.39 Å². The van der Waals surface area contributed by atoms with E-state index in [1.165, 1.54) is 23.0 Å². The minimum Gasteiger partial charge on any atom is -0.330 e. The highest BCUT2D eigenvalue weighted by atomic mass is 32.1. The van der Waals surface area contributed by atoms with Gasteiger partial charge < -0.3 is 5.73 Å². The molecule has 0 aliphatic rings. The van der Waals surface area contributed by atoms with Crippen LogP contribution < -0.4 is 5.73 Å². The van der Waals surface area contributed by atoms with Gasteiger partial charge in [0.05, 0.1) is 22.1 Å². The maximum Gasteiger partial charge on any atom is 0.141 e. The fourth-order valence-corrected chi connectivity index (χ4v) is 4.43. The summed E-state index contributed by atoms with van der Waals surface area (Å²) < 4.78 is 16.1. The van der Waals surface area contributed by atoms with Crippen LogP contribution >= 0.6 is 11.3 Å². The number of pyridine rings is 1. The number of thiophene rings is 1. The third kappa shape index (κ3) is 3.20. The minimum atomic E-state index is -0.199. The van der Waals surface area contributed by atoms with Crippen molar-refractivity contribution in [2.45, 2.75) is 12.8 Å². The maximum absolute atomic E-state index is 14.0. The SMILES string of the molecule is NCCCc1ccc(-n2cnc3cnc4cc(-c5sccc5F)ccc4c32)cc1. The summed E-state index contributed by atoms with van der Waals surface area (Å²) in [5.41, 5.74) is 11.4. The van der Waals surface area contributed by atoms with Gasteiger partial charge >= 0.3 is 0 Å². The van der Waals surface area contributed by atoms with E-state index in [-0.39, 0.29) is 5.82 Å². The largest absolute Gasteiger partial charge is 0.330 e. The first-order valence-electron chi connectivity index (χ1n) is 9.53. The zero-order valence-electron chi connectivity index (χ0n) is 15.7. The van der Waals surface area contributed by atoms with E-state index in [1.807, 2.05) is 24.5 Å². The van der Waals surface area contributed by atoms with Crippen LogP contribution in [-0.2, 0) is 6.42 Å². The van der Waals surface area contributed by atoms with Gasteiger partial charge in [0, 0.05) is 11.1 Å². The van der Waals surface area contributed by atoms with Crippen molar-refractivity contribution in [2.24, 2.45) is 5.73 Å². The zero-order valence-corrected chi connectivity index (χ0v) is 16.5. The Labute approximate surface area is 171 Å². The Kier molecular flexibility index (Phi) is 4.58. The van der Waals surface area contributed by atoms with Crippen molar-refractivity contribution in [3.05, 3.63) is 77.8 Å². The third-order valence-electron chi connectivity index (χ3n) is 5.14. The average Bonchev–Trinajstić information content (AvgIpc) is 3.38. The molecular formula is C23H19FN4S. The lowest BCUT2D eigenvalue weighted by Crippen LogP contribution is -2.00. The highest BCUT2D eigenvalue weighted by Gasteiger charge is 2.13. The lowest BCUT2D eigenvalue weighted by molar-refractivity contribution is 0.636. The van der Waals surface area contributed by atoms with Crippen LogP contribution in [0.5, 0.6) is 0 Å². The molecule has 0 unspecified atom stereocenters. The van der Waals surface area contributed by atoms with Crippen LogP contribution in [0.25, 0.3) is 38.1 Å². The molecule has 2 aromatic carbocycles. The Bertz CT molecular complexity index is 1300. The predicted octanol–water partition coefficient (Wildman–Crippen LogP) is 5.33. The quantitative estimate of drug-likeness (QED) is 0.432. The smallest absolute Gasteiger partial charge is 0.141 e. The predicted molar refractivity (Wildman–Crippen MR) is 117 cm³/mol. The van der Waals surface area contributed by atoms with E-state index in [0.29, 0.717) is 11.4 Å². The molecule has 0 radical (unpaired) electrons. The van der Waals surface area contributed by atoms with E-state index >= 15 is 0 Å². The van der Waals surface area contributed by atoms with Gasteiger partial charge in [-0.25, -0.2) is 9.37 Å². The highest BCUT2D eigenvalue weighted by Crippen LogP contribution is 2.33. The molecule has 3 aromatic heterocycles. The Morgan fingerprint density at radius 2 is 1.86 bits per heavy atom. The standard InChI is InChI=1S/C23H19FN4S/c24-19-9-11-29-23(19)16-5-8-18-20(12-16)26-13-21-22(18)28(14-27-21)17-6-3-15(4-7-17)2-1-10-25/h3-9,11-14H,1-2,10,25H2. The minimum absolute atomic E-state index is 0.199. The number of rotatable bonds is 5. The molecule has 0 aliphatic carbocycles. The second-order valence-corrected chi connectivity index (χ2v) is 7.91. The summed E-state index contributed by atoms with van der Waals surface area (Å²) in [5, 5.41) is 2.76. The molecule has 0 atom stereocenters. The molecule has 0 saturated carbocycles. The average molecular weight is 402 g/mol. The Morgan fingerprint density at radius 1 is 1.00 bits per heavy atom. The molecule has 2 N–H and O–H groups in total. The normalized spacial score (nSPS) is 11.5. The monoisotopic (exact) mass is 402 g/mol. The number of fused-ring (bicyclic) bond motifs is 3. The van der Waals surface area contributed by atoms with E-state index in [2.05, 4.69) is 38.8 Å². The van der Waals surface area contributed by atoms with Gasteiger partial charge in [0.25, 0.3) is 0 Å². The lowest BCUT2D eigenvalue weighted by Gasteiger charge is -2.09. The summed E-state index contributed by atoms with van der Waals surface area (Å²) in [5.74, 6) is -0.199. The van der Waals surface area contributed by atoms with Gasteiger partial charge in [-0.05, 0) is 66.2 Å². The van der Waals surface area contributed by atoms with Crippen molar-refractivity contribution in [3.63, 3.8) is 0 Å². The van der Waals surface area contributed by atoms with E-state index in [0.717, 1.165) is 46.0 Å². The molecule has 6 heteroatoms. The second-order valence-electron chi connectivity index (χ2n) is 6.99. The zero-order chi connectivity index (χ0) is 19.8. The van der Waals surface area contributed by atoms with E-state index in [1.54, 1.807) is 11.6 Å². The molecule has 29 heavy (non-hydrogen) atoms. The van der Waals surface area contributed by atoms with E-state index < -0.39 is 0 Å². The number of imidazole rings is 1. The number of hydrogen-bond donors (Lipinski definition) is 1. The molecular weight excluding hydrogens is 383 g/mol. The second kappa shape index (κ2) is 7.39. The van der Waals surface area contributed by atoms with Crippen LogP contribution in [-0.4, -0.2) is 21.1 Å². The molecule has 0 aliphatic heterocycles. The number of nitrogens with zero attached hydrogens (tertiary/aromatic N) is 3. The molecule has 0 bridgehead atoms. The van der Waals surface area contributed by atoms with Crippen molar-refractivity contribution in [1.29, 1.82) is 0 Å². The van der Waals surface area contributed by atoms with Crippen LogP contribution in [0.15, 0.2) is 66.4 Å². The van der Waals surface area contributed by atoms with Crippen LogP contribution in [0.2, 0.25) is 0 Å². The van der Waals surface area contributed by atoms with Gasteiger partial charge in [-0.2, -0.15) is 0 Å². The van der Waals surface area contributed by atoms with Gasteiger partial charge in [0.15, 0.2) is 0 Å². The molecule has 0 amide bonds. The van der Waals surface area contributed by atoms with Crippen molar-refractivity contribution in [2.75, 3.05) is 6.54 Å². The van der Waals surface area contributed by atoms with E-state index in [9.17, 15) is 4.39 Å². The first-order chi connectivity index (χ1) is 14.2. The molecule has 3 heterocycles. The number of benzene rings is 2. The van der Waals surface area contributed by atoms with Crippen molar-refractivity contribution in [3.8, 4) is 16.1 Å². The Hall–Kier alpha value is -3.09. The lowest BCUT2D eigenvalue weighted by atomic mass is 10.1. The van der Waals surface area contributed by atoms with E-state index in [4.69, 9.17) is 5.73 Å². The third-order valence-corrected chi connectivity index (χ3v) is 6.08. The molecule has 144 valence electrons. The summed E-state index contributed by atoms with van der Waals surface area (Å²) in [4.78, 5) is 9.72. The van der Waals surface area contributed by atoms with Crippen molar-refractivity contribution in [1.82, 2.24) is 14.5 Å². The van der Waals surface area contributed by atoms with Crippen LogP contribution in [0.1, 0.15) is 12.0 Å². The van der Waals surface area contributed by atoms with Gasteiger partial charge in [0.2, 0.25) is 0 Å². The van der Waals surface area contributed by atoms with Crippen LogP contribution in [0.4, 0.5) is 4.39 Å². The number of nitrogens with two attached hydrogens (primary N) is 1. The first kappa shape index (κ1) is 18.0. The Morgan fingerprint density at radius 3 is 2.62 bits per heavy atom. The summed E-state index contributed by atoms with van der Waals surface area (Å²) >= 11 is 1.40. The molecule has 0 spiro atoms. The van der Waals surface area contributed by atoms with Gasteiger partial charge in [-0.1, -0.05) is 18.2 Å². The highest BCUT2D eigenvalue weighted by molar-refractivity contribution is 7.13. The Balaban J connectivity index is 1.62. The summed E-state index contributed by atoms with van der Waals surface area (Å²) in [7, 11) is 0. The van der Waals surface area contributed by atoms with Gasteiger partial charge in [-0.15, -0.1) is 11.3 Å². The molecule has 0 fully saturated rings. The first-order valence-corrected chi connectivity index (χ1v) is 10.4. The number of aromatic nitrogens is 3. The molecule has 5 aromatic rings. The number of hydrogen-bond acceptors (Lipinski definition) is 4. The summed E-state index contributed by atoms with van der Waals surface area (Å²) in [6, 6.07) is 15.9. The summed E-state index contributed by atoms with van der Waals surface area (Å²) in [6.07, 6.45) is 5.57. The fraction of sp³-hybridized carbons (Fsp3) is 0.130. The topological polar surface area (TPSA) is 56.7 Å². The van der Waals surface area contributed by atoms with Crippen LogP contribution in [0, 0.1) is 5.82 Å². The molecule has 0 saturated heterocycles. The summed E-state index contributed by atoms with van der Waals surface area (Å²) in [6.45, 7) is 0.699. The maximum atomic E-state index is 14.0. The van der Waals surface area contributed by atoms with Gasteiger partial charge in [0.1, 0.15) is 17.7 Å². The number of aryl methyl sites for hydroxylation is 1. The van der Waals surface area contributed by atoms with Crippen molar-refractivity contribution >= 4 is 33.3 Å². The molecule has 5 rings (SSSR count).